The summed E-state index contributed by atoms with van der Waals surface area (Å²) in [5.41, 5.74) is 1.83. The maximum atomic E-state index is 13.1. The molecule has 36 heavy (non-hydrogen) atoms. The number of ether oxygens (including phenoxy) is 1. The number of nitrogens with zero attached hydrogens (tertiary/aromatic N) is 5. The second-order valence-electron chi connectivity index (χ2n) is 8.34. The Bertz CT molecular complexity index is 1290. The van der Waals surface area contributed by atoms with Crippen LogP contribution in [0.3, 0.4) is 0 Å². The molecule has 1 unspecified atom stereocenters. The molecule has 1 saturated heterocycles. The lowest BCUT2D eigenvalue weighted by molar-refractivity contribution is -0.136. The first-order valence-corrected chi connectivity index (χ1v) is 13.1. The third-order valence-electron chi connectivity index (χ3n) is 6.15. The number of amidine groups is 1. The van der Waals surface area contributed by atoms with E-state index in [4.69, 9.17) is 32.9 Å². The minimum Gasteiger partial charge on any atom is -0.466 e. The Hall–Kier alpha value is -2.98. The van der Waals surface area contributed by atoms with Gasteiger partial charge in [-0.2, -0.15) is 0 Å². The van der Waals surface area contributed by atoms with Crippen LogP contribution >= 0.6 is 34.5 Å². The molecule has 0 amide bonds. The number of esters is 1. The minimum absolute atomic E-state index is 0.425. The first-order valence-electron chi connectivity index (χ1n) is 11.4. The van der Waals surface area contributed by atoms with Crippen molar-refractivity contribution in [3.63, 3.8) is 0 Å². The second-order valence-corrected chi connectivity index (χ2v) is 10.1. The molecule has 3 aromatic rings. The van der Waals surface area contributed by atoms with Crippen LogP contribution in [0.5, 0.6) is 0 Å². The largest absolute Gasteiger partial charge is 0.466 e. The van der Waals surface area contributed by atoms with Crippen LogP contribution in [-0.4, -0.2) is 66.5 Å². The Kier molecular flexibility index (Phi) is 7.52. The normalized spacial score (nSPS) is 18.6. The van der Waals surface area contributed by atoms with Crippen molar-refractivity contribution < 1.29 is 9.53 Å². The lowest BCUT2D eigenvalue weighted by Crippen LogP contribution is -2.49. The van der Waals surface area contributed by atoms with Crippen molar-refractivity contribution in [2.24, 2.45) is 4.99 Å². The van der Waals surface area contributed by atoms with Gasteiger partial charge in [-0.3, -0.25) is 9.89 Å². The number of methoxy groups -OCH3 is 1. The summed E-state index contributed by atoms with van der Waals surface area (Å²) in [7, 11) is 1.37. The van der Waals surface area contributed by atoms with Gasteiger partial charge in [-0.1, -0.05) is 35.3 Å². The predicted molar refractivity (Wildman–Crippen MR) is 143 cm³/mol. The van der Waals surface area contributed by atoms with Gasteiger partial charge in [0.15, 0.2) is 10.8 Å². The van der Waals surface area contributed by atoms with Gasteiger partial charge >= 0.3 is 5.97 Å². The third-order valence-corrected chi connectivity index (χ3v) is 7.49. The molecule has 186 valence electrons. The summed E-state index contributed by atoms with van der Waals surface area (Å²) in [5, 5.41) is 6.94. The summed E-state index contributed by atoms with van der Waals surface area (Å²) in [4.78, 5) is 31.4. The van der Waals surface area contributed by atoms with Gasteiger partial charge in [-0.25, -0.2) is 14.8 Å². The van der Waals surface area contributed by atoms with Gasteiger partial charge < -0.3 is 15.0 Å². The van der Waals surface area contributed by atoms with Crippen molar-refractivity contribution in [1.29, 1.82) is 0 Å². The molecule has 5 rings (SSSR count). The number of aromatic nitrogens is 2. The van der Waals surface area contributed by atoms with Crippen molar-refractivity contribution in [3.8, 4) is 0 Å². The molecule has 8 nitrogen and oxygen atoms in total. The molecule has 2 aromatic heterocycles. The van der Waals surface area contributed by atoms with E-state index in [0.717, 1.165) is 42.7 Å². The van der Waals surface area contributed by atoms with Crippen LogP contribution in [0.1, 0.15) is 16.6 Å². The molecule has 2 aliphatic heterocycles. The molecule has 0 spiro atoms. The predicted octanol–water partition coefficient (Wildman–Crippen LogP) is 4.19. The maximum Gasteiger partial charge on any atom is 0.338 e. The van der Waals surface area contributed by atoms with Crippen LogP contribution < -0.4 is 10.2 Å². The highest BCUT2D eigenvalue weighted by Crippen LogP contribution is 2.37. The van der Waals surface area contributed by atoms with E-state index in [1.54, 1.807) is 24.4 Å². The van der Waals surface area contributed by atoms with Crippen LogP contribution in [0.25, 0.3) is 0 Å². The van der Waals surface area contributed by atoms with Gasteiger partial charge in [0.05, 0.1) is 12.7 Å². The number of anilines is 1. The Morgan fingerprint density at radius 1 is 1.14 bits per heavy atom. The van der Waals surface area contributed by atoms with E-state index in [9.17, 15) is 4.79 Å². The molecule has 0 aliphatic carbocycles. The fourth-order valence-electron chi connectivity index (χ4n) is 4.37. The first kappa shape index (κ1) is 24.7. The van der Waals surface area contributed by atoms with E-state index in [-0.39, 0.29) is 0 Å². The lowest BCUT2D eigenvalue weighted by Gasteiger charge is -2.37. The highest BCUT2D eigenvalue weighted by Gasteiger charge is 2.34. The molecule has 1 atom stereocenters. The Morgan fingerprint density at radius 2 is 1.97 bits per heavy atom. The van der Waals surface area contributed by atoms with Crippen molar-refractivity contribution in [2.75, 3.05) is 44.7 Å². The van der Waals surface area contributed by atoms with Crippen LogP contribution in [-0.2, 0) is 9.53 Å². The minimum atomic E-state index is -0.660. The van der Waals surface area contributed by atoms with Crippen molar-refractivity contribution in [2.45, 2.75) is 6.04 Å². The number of halogens is 2. The smallest absolute Gasteiger partial charge is 0.338 e. The van der Waals surface area contributed by atoms with Gasteiger partial charge in [0, 0.05) is 71.8 Å². The molecule has 0 radical (unpaired) electrons. The van der Waals surface area contributed by atoms with E-state index in [1.807, 2.05) is 29.8 Å². The summed E-state index contributed by atoms with van der Waals surface area (Å²) in [6.45, 7) is 3.81. The molecule has 1 aromatic carbocycles. The highest BCUT2D eigenvalue weighted by molar-refractivity contribution is 7.11. The number of carbonyl (C=O) groups excluding carboxylic acids is 1. The van der Waals surface area contributed by atoms with E-state index < -0.39 is 12.0 Å². The highest BCUT2D eigenvalue weighted by atomic mass is 35.5. The topological polar surface area (TPSA) is 83.0 Å². The monoisotopic (exact) mass is 542 g/mol. The third kappa shape index (κ3) is 5.24. The summed E-state index contributed by atoms with van der Waals surface area (Å²) in [5.74, 6) is 1.11. The average molecular weight is 543 g/mol. The van der Waals surface area contributed by atoms with Gasteiger partial charge in [0.25, 0.3) is 0 Å². The number of hydrogen-bond acceptors (Lipinski definition) is 9. The zero-order valence-corrected chi connectivity index (χ0v) is 21.9. The number of thiazole rings is 1. The number of hydrogen-bond donors (Lipinski definition) is 1. The van der Waals surface area contributed by atoms with Crippen LogP contribution in [0.4, 0.5) is 5.82 Å². The van der Waals surface area contributed by atoms with Crippen molar-refractivity contribution in [1.82, 2.24) is 20.2 Å². The van der Waals surface area contributed by atoms with E-state index in [2.05, 4.69) is 25.1 Å². The standard InChI is InChI=1S/C25H24Cl2N6O2S/c1-35-25(34)21-19(15-32-9-11-33(12-10-32)20-4-2-3-7-28-20)30-23(24-29-8-13-36-24)31-22(21)17-6-5-16(26)14-18(17)27/h2-8,13-14,22H,9-12,15H2,1H3,(H,30,31). The van der Waals surface area contributed by atoms with Gasteiger partial charge in [0.2, 0.25) is 0 Å². The quantitative estimate of drug-likeness (QED) is 0.467. The molecular weight excluding hydrogens is 519 g/mol. The fourth-order valence-corrected chi connectivity index (χ4v) is 5.47. The Morgan fingerprint density at radius 3 is 2.64 bits per heavy atom. The number of rotatable bonds is 6. The zero-order valence-electron chi connectivity index (χ0n) is 19.5. The fraction of sp³-hybridized carbons (Fsp3) is 0.280. The first-order chi connectivity index (χ1) is 17.5. The van der Waals surface area contributed by atoms with E-state index in [0.29, 0.717) is 33.6 Å². The maximum absolute atomic E-state index is 13.1. The summed E-state index contributed by atoms with van der Waals surface area (Å²) in [6.07, 6.45) is 3.53. The summed E-state index contributed by atoms with van der Waals surface area (Å²) < 4.78 is 5.20. The Balaban J connectivity index is 1.47. The van der Waals surface area contributed by atoms with Crippen LogP contribution in [0, 0.1) is 0 Å². The number of pyridine rings is 1. The van der Waals surface area contributed by atoms with Crippen molar-refractivity contribution >= 4 is 52.2 Å². The van der Waals surface area contributed by atoms with Gasteiger partial charge in [0.1, 0.15) is 11.9 Å². The van der Waals surface area contributed by atoms with Crippen molar-refractivity contribution in [3.05, 3.63) is 86.1 Å². The molecule has 1 N–H and O–H groups in total. The number of aliphatic imine (C=N–C) groups is 1. The number of nitrogens with one attached hydrogen (secondary N) is 1. The molecule has 11 heteroatoms. The van der Waals surface area contributed by atoms with Gasteiger partial charge in [-0.15, -0.1) is 11.3 Å². The number of piperazine rings is 1. The van der Waals surface area contributed by atoms with E-state index >= 15 is 0 Å². The number of carbonyl (C=O) groups is 1. The average Bonchev–Trinajstić information content (AvgIpc) is 3.44. The lowest BCUT2D eigenvalue weighted by atomic mass is 9.95. The number of benzene rings is 1. The summed E-state index contributed by atoms with van der Waals surface area (Å²) >= 11 is 14.2. The molecular formula is C25H24Cl2N6O2S. The summed E-state index contributed by atoms with van der Waals surface area (Å²) in [6, 6.07) is 10.5. The zero-order chi connectivity index (χ0) is 25.1. The van der Waals surface area contributed by atoms with Gasteiger partial charge in [-0.05, 0) is 24.3 Å². The molecule has 0 bridgehead atoms. The molecule has 0 saturated carbocycles. The molecule has 4 heterocycles. The SMILES string of the molecule is COC(=O)C1=C(CN2CCN(c3ccccn3)CC2)NC(c2nccs2)=NC1c1ccc(Cl)cc1Cl. The van der Waals surface area contributed by atoms with E-state index in [1.165, 1.54) is 18.4 Å². The second kappa shape index (κ2) is 11.0. The Labute approximate surface area is 223 Å². The molecule has 1 fully saturated rings. The van der Waals surface area contributed by atoms with Crippen LogP contribution in [0.2, 0.25) is 10.0 Å². The molecule has 2 aliphatic rings. The van der Waals surface area contributed by atoms with Crippen LogP contribution in [0.15, 0.2) is 70.4 Å².